The second kappa shape index (κ2) is 8.05. The van der Waals surface area contributed by atoms with E-state index in [0.29, 0.717) is 5.57 Å². The summed E-state index contributed by atoms with van der Waals surface area (Å²) in [4.78, 5) is 3.88. The molecule has 0 heterocycles. The fraction of sp³-hybridized carbons (Fsp3) is 0.250. The first-order chi connectivity index (χ1) is 9.70. The van der Waals surface area contributed by atoms with Crippen molar-refractivity contribution in [2.45, 2.75) is 26.9 Å². The minimum Gasteiger partial charge on any atom is -0.253 e. The van der Waals surface area contributed by atoms with Crippen molar-refractivity contribution < 1.29 is 13.2 Å². The van der Waals surface area contributed by atoms with Crippen molar-refractivity contribution in [2.24, 2.45) is 4.99 Å². The van der Waals surface area contributed by atoms with Gasteiger partial charge < -0.3 is 0 Å². The molecule has 112 valence electrons. The summed E-state index contributed by atoms with van der Waals surface area (Å²) in [6.07, 6.45) is 0.924. The molecule has 21 heavy (non-hydrogen) atoms. The predicted molar refractivity (Wildman–Crippen MR) is 79.7 cm³/mol. The predicted octanol–water partition coefficient (Wildman–Crippen LogP) is 5.05. The molecule has 2 nitrogen and oxygen atoms in total. The molecule has 0 radical (unpaired) electrons. The second-order valence-electron chi connectivity index (χ2n) is 4.00. The fourth-order valence-electron chi connectivity index (χ4n) is 1.54. The SMILES string of the molecule is C=C/C(C#N)=C\C(=C/C)C(=C)N=C(C)/C(=C\C)C(F)(F)F. The summed E-state index contributed by atoms with van der Waals surface area (Å²) in [5, 5.41) is 8.83. The topological polar surface area (TPSA) is 36.1 Å². The maximum Gasteiger partial charge on any atom is 0.417 e. The number of aliphatic imine (C=N–C) groups is 1. The molecule has 0 aromatic heterocycles. The van der Waals surface area contributed by atoms with E-state index in [-0.39, 0.29) is 17.0 Å². The van der Waals surface area contributed by atoms with Crippen LogP contribution in [0.25, 0.3) is 0 Å². The van der Waals surface area contributed by atoms with E-state index in [1.807, 2.05) is 6.07 Å². The van der Waals surface area contributed by atoms with E-state index in [1.165, 1.54) is 26.0 Å². The van der Waals surface area contributed by atoms with Crippen molar-refractivity contribution in [1.29, 1.82) is 5.26 Å². The Balaban J connectivity index is 5.56. The van der Waals surface area contributed by atoms with E-state index in [0.717, 1.165) is 6.08 Å². The van der Waals surface area contributed by atoms with E-state index >= 15 is 0 Å². The third kappa shape index (κ3) is 5.65. The molecule has 0 saturated heterocycles. The zero-order valence-electron chi connectivity index (χ0n) is 12.3. The maximum atomic E-state index is 12.8. The van der Waals surface area contributed by atoms with Crippen LogP contribution in [0.4, 0.5) is 13.2 Å². The minimum absolute atomic E-state index is 0.146. The first-order valence-corrected chi connectivity index (χ1v) is 6.10. The van der Waals surface area contributed by atoms with Gasteiger partial charge in [0.2, 0.25) is 0 Å². The number of hydrogen-bond acceptors (Lipinski definition) is 2. The molecule has 0 aromatic carbocycles. The van der Waals surface area contributed by atoms with Crippen LogP contribution < -0.4 is 0 Å². The Morgan fingerprint density at radius 3 is 2.14 bits per heavy atom. The highest BCUT2D eigenvalue weighted by molar-refractivity contribution is 6.00. The molecule has 0 aromatic rings. The molecular formula is C16H17F3N2. The van der Waals surface area contributed by atoms with E-state index in [4.69, 9.17) is 5.26 Å². The molecule has 5 heteroatoms. The molecule has 0 amide bonds. The van der Waals surface area contributed by atoms with Crippen LogP contribution in [0.3, 0.4) is 0 Å². The highest BCUT2D eigenvalue weighted by Crippen LogP contribution is 2.27. The number of alkyl halides is 3. The third-order valence-electron chi connectivity index (χ3n) is 2.59. The van der Waals surface area contributed by atoms with Gasteiger partial charge in [-0.15, -0.1) is 0 Å². The van der Waals surface area contributed by atoms with Crippen molar-refractivity contribution in [3.8, 4) is 6.07 Å². The molecule has 0 aliphatic heterocycles. The van der Waals surface area contributed by atoms with Crippen molar-refractivity contribution >= 4 is 5.71 Å². The molecule has 0 rings (SSSR count). The summed E-state index contributed by atoms with van der Waals surface area (Å²) in [5.41, 5.74) is -0.108. The molecule has 0 unspecified atom stereocenters. The highest BCUT2D eigenvalue weighted by atomic mass is 19.4. The minimum atomic E-state index is -4.46. The number of rotatable bonds is 5. The van der Waals surface area contributed by atoms with Crippen LogP contribution >= 0.6 is 0 Å². The standard InChI is InChI=1S/C16H17F3N2/c1-6-13(10-20)9-14(7-2)11(4)21-12(5)15(8-3)16(17,18)19/h6-9H,1,4H2,2-3,5H3/b13-9+,14-7+,15-8+,21-12?. The summed E-state index contributed by atoms with van der Waals surface area (Å²) in [7, 11) is 0. The lowest BCUT2D eigenvalue weighted by atomic mass is 10.1. The van der Waals surface area contributed by atoms with Crippen LogP contribution in [-0.4, -0.2) is 11.9 Å². The summed E-state index contributed by atoms with van der Waals surface area (Å²) in [6, 6.07) is 1.90. The summed E-state index contributed by atoms with van der Waals surface area (Å²) in [5.74, 6) is 0. The number of nitrogens with zero attached hydrogens (tertiary/aromatic N) is 2. The van der Waals surface area contributed by atoms with Crippen LogP contribution in [0.1, 0.15) is 20.8 Å². The van der Waals surface area contributed by atoms with Gasteiger partial charge in [0.05, 0.1) is 22.9 Å². The first-order valence-electron chi connectivity index (χ1n) is 6.10. The van der Waals surface area contributed by atoms with E-state index in [1.54, 1.807) is 13.0 Å². The average Bonchev–Trinajstić information content (AvgIpc) is 2.39. The number of halogens is 3. The first kappa shape index (κ1) is 18.6. The van der Waals surface area contributed by atoms with Crippen LogP contribution in [-0.2, 0) is 0 Å². The van der Waals surface area contributed by atoms with Gasteiger partial charge in [-0.1, -0.05) is 31.4 Å². The molecular weight excluding hydrogens is 277 g/mol. The second-order valence-corrected chi connectivity index (χ2v) is 4.00. The Hall–Kier alpha value is -2.35. The summed E-state index contributed by atoms with van der Waals surface area (Å²) >= 11 is 0. The molecule has 0 bridgehead atoms. The van der Waals surface area contributed by atoms with Gasteiger partial charge in [0, 0.05) is 5.71 Å². The molecule has 0 N–H and O–H groups in total. The summed E-state index contributed by atoms with van der Waals surface area (Å²) in [6.45, 7) is 11.4. The molecule has 0 saturated carbocycles. The Bertz CT molecular complexity index is 580. The van der Waals surface area contributed by atoms with Gasteiger partial charge in [0.25, 0.3) is 0 Å². The molecule has 0 atom stereocenters. The van der Waals surface area contributed by atoms with Gasteiger partial charge in [-0.25, -0.2) is 0 Å². The lowest BCUT2D eigenvalue weighted by molar-refractivity contribution is -0.0862. The maximum absolute atomic E-state index is 12.8. The number of nitriles is 1. The van der Waals surface area contributed by atoms with E-state index < -0.39 is 11.7 Å². The van der Waals surface area contributed by atoms with Crippen LogP contribution in [0.15, 0.2) is 64.9 Å². The molecule has 0 spiro atoms. The zero-order chi connectivity index (χ0) is 16.6. The van der Waals surface area contributed by atoms with Crippen molar-refractivity contribution in [3.05, 3.63) is 59.9 Å². The summed E-state index contributed by atoms with van der Waals surface area (Å²) < 4.78 is 38.3. The molecule has 0 fully saturated rings. The van der Waals surface area contributed by atoms with Crippen LogP contribution in [0.2, 0.25) is 0 Å². The van der Waals surface area contributed by atoms with E-state index in [9.17, 15) is 13.2 Å². The smallest absolute Gasteiger partial charge is 0.253 e. The lowest BCUT2D eigenvalue weighted by Crippen LogP contribution is -2.18. The monoisotopic (exact) mass is 294 g/mol. The Kier molecular flexibility index (Phi) is 7.15. The van der Waals surface area contributed by atoms with E-state index in [2.05, 4.69) is 18.2 Å². The Labute approximate surface area is 123 Å². The third-order valence-corrected chi connectivity index (χ3v) is 2.59. The average molecular weight is 294 g/mol. The molecule has 0 aliphatic rings. The van der Waals surface area contributed by atoms with Crippen LogP contribution in [0.5, 0.6) is 0 Å². The fourth-order valence-corrected chi connectivity index (χ4v) is 1.54. The van der Waals surface area contributed by atoms with Gasteiger partial charge in [-0.2, -0.15) is 18.4 Å². The van der Waals surface area contributed by atoms with Gasteiger partial charge in [-0.3, -0.25) is 4.99 Å². The normalized spacial score (nSPS) is 14.7. The van der Waals surface area contributed by atoms with Gasteiger partial charge in [-0.05, 0) is 32.4 Å². The Morgan fingerprint density at radius 1 is 1.24 bits per heavy atom. The van der Waals surface area contributed by atoms with Crippen molar-refractivity contribution in [1.82, 2.24) is 0 Å². The lowest BCUT2D eigenvalue weighted by Gasteiger charge is -2.11. The number of hydrogen-bond donors (Lipinski definition) is 0. The van der Waals surface area contributed by atoms with Crippen molar-refractivity contribution in [2.75, 3.05) is 0 Å². The van der Waals surface area contributed by atoms with Gasteiger partial charge in [0.1, 0.15) is 0 Å². The Morgan fingerprint density at radius 2 is 1.81 bits per heavy atom. The number of allylic oxidation sites excluding steroid dienone is 6. The quantitative estimate of drug-likeness (QED) is 0.397. The largest absolute Gasteiger partial charge is 0.417 e. The van der Waals surface area contributed by atoms with Gasteiger partial charge in [0.15, 0.2) is 0 Å². The van der Waals surface area contributed by atoms with Crippen molar-refractivity contribution in [3.63, 3.8) is 0 Å². The highest BCUT2D eigenvalue weighted by Gasteiger charge is 2.34. The zero-order valence-corrected chi connectivity index (χ0v) is 12.3. The van der Waals surface area contributed by atoms with Crippen LogP contribution in [0, 0.1) is 11.3 Å². The molecule has 0 aliphatic carbocycles. The van der Waals surface area contributed by atoms with Gasteiger partial charge >= 0.3 is 6.18 Å².